The Balaban J connectivity index is 0.00000392. The summed E-state index contributed by atoms with van der Waals surface area (Å²) >= 11 is 0. The van der Waals surface area contributed by atoms with Gasteiger partial charge in [-0.15, -0.1) is 24.0 Å². The number of halogens is 1. The number of nitrogens with one attached hydrogen (secondary N) is 3. The number of nitrogens with zero attached hydrogens (tertiary/aromatic N) is 2. The van der Waals surface area contributed by atoms with E-state index >= 15 is 0 Å². The number of pyridine rings is 1. The van der Waals surface area contributed by atoms with E-state index in [-0.39, 0.29) is 29.9 Å². The molecular formula is C21H30IN5O. The van der Waals surface area contributed by atoms with Gasteiger partial charge in [-0.25, -0.2) is 4.98 Å². The number of hydrogen-bond acceptors (Lipinski definition) is 3. The molecule has 0 fully saturated rings. The number of rotatable bonds is 9. The lowest BCUT2D eigenvalue weighted by molar-refractivity contribution is -0.116. The molecule has 0 unspecified atom stereocenters. The predicted octanol–water partition coefficient (Wildman–Crippen LogP) is 3.52. The Labute approximate surface area is 184 Å². The standard InChI is InChI=1S/C21H29N5O.HI/c1-3-22-21(23-14-7-10-18-8-5-4-6-9-18)24-15-13-20(27)26-19-12-11-17(2)16-25-19;/h4-6,8-9,11-12,16H,3,7,10,13-15H2,1-2H3,(H2,22,23,24)(H,25,26,27);1H. The summed E-state index contributed by atoms with van der Waals surface area (Å²) in [7, 11) is 0. The normalized spacial score (nSPS) is 10.7. The fraction of sp³-hybridized carbons (Fsp3) is 0.381. The van der Waals surface area contributed by atoms with Crippen LogP contribution in [0.4, 0.5) is 5.82 Å². The third-order valence-electron chi connectivity index (χ3n) is 3.90. The molecule has 7 heteroatoms. The molecule has 1 amide bonds. The number of hydrogen-bond donors (Lipinski definition) is 3. The molecule has 0 saturated heterocycles. The van der Waals surface area contributed by atoms with Crippen LogP contribution in [0, 0.1) is 6.92 Å². The molecule has 152 valence electrons. The van der Waals surface area contributed by atoms with Gasteiger partial charge in [-0.05, 0) is 43.9 Å². The van der Waals surface area contributed by atoms with Gasteiger partial charge >= 0.3 is 0 Å². The van der Waals surface area contributed by atoms with Crippen molar-refractivity contribution >= 4 is 41.7 Å². The van der Waals surface area contributed by atoms with Crippen LogP contribution < -0.4 is 16.0 Å². The first-order valence-electron chi connectivity index (χ1n) is 9.46. The van der Waals surface area contributed by atoms with Crippen molar-refractivity contribution in [1.82, 2.24) is 15.6 Å². The summed E-state index contributed by atoms with van der Waals surface area (Å²) < 4.78 is 0. The minimum Gasteiger partial charge on any atom is -0.357 e. The summed E-state index contributed by atoms with van der Waals surface area (Å²) in [4.78, 5) is 20.7. The fourth-order valence-electron chi connectivity index (χ4n) is 2.50. The number of aryl methyl sites for hydroxylation is 2. The maximum absolute atomic E-state index is 12.0. The van der Waals surface area contributed by atoms with Crippen molar-refractivity contribution in [3.63, 3.8) is 0 Å². The summed E-state index contributed by atoms with van der Waals surface area (Å²) in [5.74, 6) is 1.25. The zero-order chi connectivity index (χ0) is 19.3. The van der Waals surface area contributed by atoms with E-state index in [1.54, 1.807) is 12.3 Å². The average Bonchev–Trinajstić information content (AvgIpc) is 2.68. The zero-order valence-electron chi connectivity index (χ0n) is 16.6. The lowest BCUT2D eigenvalue weighted by Gasteiger charge is -2.11. The van der Waals surface area contributed by atoms with Gasteiger partial charge < -0.3 is 16.0 Å². The van der Waals surface area contributed by atoms with E-state index in [0.29, 0.717) is 18.8 Å². The third kappa shape index (κ3) is 9.68. The summed E-state index contributed by atoms with van der Waals surface area (Å²) in [5, 5.41) is 9.20. The highest BCUT2D eigenvalue weighted by molar-refractivity contribution is 14.0. The first kappa shape index (κ1) is 23.9. The Morgan fingerprint density at radius 3 is 2.57 bits per heavy atom. The molecule has 0 aliphatic carbocycles. The Kier molecular flexibility index (Phi) is 11.9. The zero-order valence-corrected chi connectivity index (χ0v) is 18.9. The molecule has 1 aromatic carbocycles. The van der Waals surface area contributed by atoms with Gasteiger partial charge in [0.2, 0.25) is 5.91 Å². The lowest BCUT2D eigenvalue weighted by Crippen LogP contribution is -2.38. The van der Waals surface area contributed by atoms with Crippen LogP contribution >= 0.6 is 24.0 Å². The van der Waals surface area contributed by atoms with E-state index in [9.17, 15) is 4.79 Å². The molecule has 1 heterocycles. The van der Waals surface area contributed by atoms with Crippen LogP contribution in [0.3, 0.4) is 0 Å². The second-order valence-electron chi connectivity index (χ2n) is 6.30. The molecule has 2 rings (SSSR count). The summed E-state index contributed by atoms with van der Waals surface area (Å²) in [5.41, 5.74) is 2.39. The van der Waals surface area contributed by atoms with Crippen molar-refractivity contribution < 1.29 is 4.79 Å². The van der Waals surface area contributed by atoms with Crippen LogP contribution in [0.25, 0.3) is 0 Å². The van der Waals surface area contributed by atoms with Gasteiger partial charge in [0.1, 0.15) is 5.82 Å². The van der Waals surface area contributed by atoms with E-state index in [1.807, 2.05) is 26.0 Å². The van der Waals surface area contributed by atoms with Crippen LogP contribution in [0.1, 0.15) is 30.9 Å². The molecule has 1 aromatic heterocycles. The van der Waals surface area contributed by atoms with Crippen LogP contribution in [0.15, 0.2) is 53.7 Å². The van der Waals surface area contributed by atoms with Gasteiger partial charge in [0, 0.05) is 32.3 Å². The van der Waals surface area contributed by atoms with Crippen LogP contribution in [0.2, 0.25) is 0 Å². The number of guanidine groups is 1. The highest BCUT2D eigenvalue weighted by atomic mass is 127. The lowest BCUT2D eigenvalue weighted by atomic mass is 10.1. The van der Waals surface area contributed by atoms with E-state index < -0.39 is 0 Å². The molecule has 28 heavy (non-hydrogen) atoms. The molecule has 6 nitrogen and oxygen atoms in total. The monoisotopic (exact) mass is 495 g/mol. The van der Waals surface area contributed by atoms with Crippen molar-refractivity contribution in [2.24, 2.45) is 4.99 Å². The van der Waals surface area contributed by atoms with Crippen molar-refractivity contribution in [1.29, 1.82) is 0 Å². The van der Waals surface area contributed by atoms with Crippen molar-refractivity contribution in [3.8, 4) is 0 Å². The van der Waals surface area contributed by atoms with E-state index in [0.717, 1.165) is 37.5 Å². The molecule has 0 atom stereocenters. The molecule has 3 N–H and O–H groups in total. The molecular weight excluding hydrogens is 465 g/mol. The second kappa shape index (κ2) is 13.9. The average molecular weight is 495 g/mol. The van der Waals surface area contributed by atoms with Crippen LogP contribution in [-0.4, -0.2) is 36.5 Å². The highest BCUT2D eigenvalue weighted by Gasteiger charge is 2.04. The quantitative estimate of drug-likeness (QED) is 0.215. The molecule has 0 radical (unpaired) electrons. The van der Waals surface area contributed by atoms with E-state index in [2.05, 4.69) is 50.2 Å². The molecule has 0 bridgehead atoms. The Morgan fingerprint density at radius 1 is 1.11 bits per heavy atom. The molecule has 0 spiro atoms. The largest absolute Gasteiger partial charge is 0.357 e. The van der Waals surface area contributed by atoms with Crippen LogP contribution in [0.5, 0.6) is 0 Å². The van der Waals surface area contributed by atoms with Gasteiger partial charge in [0.05, 0.1) is 0 Å². The van der Waals surface area contributed by atoms with Gasteiger partial charge in [0.15, 0.2) is 5.96 Å². The third-order valence-corrected chi connectivity index (χ3v) is 3.90. The number of carbonyl (C=O) groups excluding carboxylic acids is 1. The first-order valence-corrected chi connectivity index (χ1v) is 9.46. The second-order valence-corrected chi connectivity index (χ2v) is 6.30. The SMILES string of the molecule is CCNC(=NCCCc1ccccc1)NCCC(=O)Nc1ccc(C)cn1.I. The first-order chi connectivity index (χ1) is 13.2. The van der Waals surface area contributed by atoms with Gasteiger partial charge in [-0.3, -0.25) is 9.79 Å². The maximum atomic E-state index is 12.0. The fourth-order valence-corrected chi connectivity index (χ4v) is 2.50. The van der Waals surface area contributed by atoms with Crippen molar-refractivity contribution in [3.05, 3.63) is 59.8 Å². The Hall–Kier alpha value is -2.16. The highest BCUT2D eigenvalue weighted by Crippen LogP contribution is 2.04. The van der Waals surface area contributed by atoms with Gasteiger partial charge in [0.25, 0.3) is 0 Å². The summed E-state index contributed by atoms with van der Waals surface area (Å²) in [6.07, 6.45) is 4.08. The summed E-state index contributed by atoms with van der Waals surface area (Å²) in [6, 6.07) is 14.1. The number of carbonyl (C=O) groups is 1. The molecule has 0 aliphatic heterocycles. The van der Waals surface area contributed by atoms with E-state index in [1.165, 1.54) is 5.56 Å². The summed E-state index contributed by atoms with van der Waals surface area (Å²) in [6.45, 7) is 6.02. The van der Waals surface area contributed by atoms with Crippen LogP contribution in [-0.2, 0) is 11.2 Å². The molecule has 2 aromatic rings. The van der Waals surface area contributed by atoms with Gasteiger partial charge in [-0.1, -0.05) is 36.4 Å². The Morgan fingerprint density at radius 2 is 1.89 bits per heavy atom. The predicted molar refractivity (Wildman–Crippen MR) is 126 cm³/mol. The Bertz CT molecular complexity index is 719. The van der Waals surface area contributed by atoms with Crippen molar-refractivity contribution in [2.45, 2.75) is 33.1 Å². The van der Waals surface area contributed by atoms with E-state index in [4.69, 9.17) is 0 Å². The molecule has 0 saturated carbocycles. The maximum Gasteiger partial charge on any atom is 0.227 e. The number of aliphatic imine (C=N–C) groups is 1. The number of benzene rings is 1. The number of amides is 1. The minimum atomic E-state index is -0.0706. The number of anilines is 1. The van der Waals surface area contributed by atoms with Gasteiger partial charge in [-0.2, -0.15) is 0 Å². The smallest absolute Gasteiger partial charge is 0.227 e. The number of aromatic nitrogens is 1. The minimum absolute atomic E-state index is 0. The topological polar surface area (TPSA) is 78.4 Å². The molecule has 0 aliphatic rings. The van der Waals surface area contributed by atoms with Crippen molar-refractivity contribution in [2.75, 3.05) is 25.0 Å².